The number of benzene rings is 2. The van der Waals surface area contributed by atoms with Gasteiger partial charge in [-0.2, -0.15) is 0 Å². The summed E-state index contributed by atoms with van der Waals surface area (Å²) in [5, 5.41) is 6.99. The molecule has 2 aromatic carbocycles. The number of halogens is 2. The van der Waals surface area contributed by atoms with Crippen LogP contribution in [0.15, 0.2) is 48.5 Å². The van der Waals surface area contributed by atoms with Crippen molar-refractivity contribution in [1.29, 1.82) is 0 Å². The van der Waals surface area contributed by atoms with Crippen LogP contribution in [0.4, 0.5) is 5.69 Å². The average molecular weight is 443 g/mol. The van der Waals surface area contributed by atoms with Crippen LogP contribution in [0.2, 0.25) is 5.02 Å². The van der Waals surface area contributed by atoms with Gasteiger partial charge in [-0.1, -0.05) is 49.7 Å². The van der Waals surface area contributed by atoms with Crippen LogP contribution < -0.4 is 10.6 Å². The summed E-state index contributed by atoms with van der Waals surface area (Å²) in [6.45, 7) is 4.52. The minimum Gasteiger partial charge on any atom is -0.324 e. The van der Waals surface area contributed by atoms with Gasteiger partial charge in [0.1, 0.15) is 0 Å². The van der Waals surface area contributed by atoms with Crippen molar-refractivity contribution in [2.45, 2.75) is 19.9 Å². The third-order valence-electron chi connectivity index (χ3n) is 3.53. The van der Waals surface area contributed by atoms with Gasteiger partial charge in [0.05, 0.1) is 12.2 Å². The number of rotatable bonds is 6. The Bertz CT molecular complexity index is 658. The monoisotopic (exact) mass is 442 g/mol. The molecule has 0 bridgehead atoms. The van der Waals surface area contributed by atoms with Crippen LogP contribution in [0.5, 0.6) is 0 Å². The minimum absolute atomic E-state index is 0.0475. The SMILES string of the molecule is CC(C)C(NCC(=O)Nc1ccccc1I)c1ccc(Cl)cc1. The topological polar surface area (TPSA) is 41.1 Å². The standard InChI is InChI=1S/C18H20ClIN2O/c1-12(2)18(13-7-9-14(19)10-8-13)21-11-17(23)22-16-6-4-3-5-15(16)20/h3-10,12,18,21H,11H2,1-2H3,(H,22,23). The highest BCUT2D eigenvalue weighted by Crippen LogP contribution is 2.23. The van der Waals surface area contributed by atoms with Crippen LogP contribution >= 0.6 is 34.2 Å². The molecule has 0 aromatic heterocycles. The summed E-state index contributed by atoms with van der Waals surface area (Å²) >= 11 is 8.15. The van der Waals surface area contributed by atoms with E-state index in [1.807, 2.05) is 48.5 Å². The average Bonchev–Trinajstić information content (AvgIpc) is 2.51. The van der Waals surface area contributed by atoms with Gasteiger partial charge in [-0.05, 0) is 58.3 Å². The molecule has 3 nitrogen and oxygen atoms in total. The number of hydrogen-bond acceptors (Lipinski definition) is 2. The van der Waals surface area contributed by atoms with E-state index in [-0.39, 0.29) is 18.5 Å². The summed E-state index contributed by atoms with van der Waals surface area (Å²) < 4.78 is 1.02. The zero-order valence-electron chi connectivity index (χ0n) is 13.1. The highest BCUT2D eigenvalue weighted by Gasteiger charge is 2.16. The Morgan fingerprint density at radius 2 is 1.78 bits per heavy atom. The van der Waals surface area contributed by atoms with Gasteiger partial charge >= 0.3 is 0 Å². The fraction of sp³-hybridized carbons (Fsp3) is 0.278. The number of amides is 1. The molecule has 1 amide bonds. The smallest absolute Gasteiger partial charge is 0.238 e. The molecule has 0 saturated heterocycles. The van der Waals surface area contributed by atoms with E-state index in [1.165, 1.54) is 0 Å². The lowest BCUT2D eigenvalue weighted by Gasteiger charge is -2.23. The van der Waals surface area contributed by atoms with Crippen molar-refractivity contribution in [3.8, 4) is 0 Å². The predicted octanol–water partition coefficient (Wildman–Crippen LogP) is 4.87. The van der Waals surface area contributed by atoms with Crippen LogP contribution in [-0.4, -0.2) is 12.5 Å². The number of para-hydroxylation sites is 1. The second-order valence-electron chi connectivity index (χ2n) is 5.68. The molecule has 122 valence electrons. The highest BCUT2D eigenvalue weighted by molar-refractivity contribution is 14.1. The Morgan fingerprint density at radius 1 is 1.13 bits per heavy atom. The van der Waals surface area contributed by atoms with Crippen molar-refractivity contribution in [2.24, 2.45) is 5.92 Å². The van der Waals surface area contributed by atoms with E-state index in [9.17, 15) is 4.79 Å². The molecule has 2 rings (SSSR count). The van der Waals surface area contributed by atoms with Gasteiger partial charge in [0.25, 0.3) is 0 Å². The summed E-state index contributed by atoms with van der Waals surface area (Å²) in [6.07, 6.45) is 0. The molecular weight excluding hydrogens is 423 g/mol. The lowest BCUT2D eigenvalue weighted by atomic mass is 9.96. The molecule has 0 aliphatic rings. The normalized spacial score (nSPS) is 12.2. The lowest BCUT2D eigenvalue weighted by Crippen LogP contribution is -2.33. The quantitative estimate of drug-likeness (QED) is 0.627. The van der Waals surface area contributed by atoms with Crippen molar-refractivity contribution >= 4 is 45.8 Å². The van der Waals surface area contributed by atoms with E-state index in [4.69, 9.17) is 11.6 Å². The highest BCUT2D eigenvalue weighted by atomic mass is 127. The first-order chi connectivity index (χ1) is 11.0. The molecule has 0 radical (unpaired) electrons. The number of hydrogen-bond donors (Lipinski definition) is 2. The van der Waals surface area contributed by atoms with Crippen molar-refractivity contribution in [3.63, 3.8) is 0 Å². The molecular formula is C18H20ClIN2O. The first-order valence-electron chi connectivity index (χ1n) is 7.50. The Kier molecular flexibility index (Phi) is 6.87. The van der Waals surface area contributed by atoms with Gasteiger partial charge < -0.3 is 10.6 Å². The molecule has 0 aliphatic carbocycles. The van der Waals surface area contributed by atoms with Gasteiger partial charge in [0, 0.05) is 14.6 Å². The molecule has 0 aliphatic heterocycles. The van der Waals surface area contributed by atoms with E-state index in [0.29, 0.717) is 10.9 Å². The Balaban J connectivity index is 1.97. The van der Waals surface area contributed by atoms with E-state index in [2.05, 4.69) is 47.1 Å². The Labute approximate surface area is 156 Å². The largest absolute Gasteiger partial charge is 0.324 e. The van der Waals surface area contributed by atoms with E-state index in [0.717, 1.165) is 14.8 Å². The van der Waals surface area contributed by atoms with Crippen molar-refractivity contribution in [1.82, 2.24) is 5.32 Å². The number of nitrogens with one attached hydrogen (secondary N) is 2. The first kappa shape index (κ1) is 18.2. The van der Waals surface area contributed by atoms with Crippen LogP contribution in [0.1, 0.15) is 25.5 Å². The summed E-state index contributed by atoms with van der Waals surface area (Å²) in [4.78, 5) is 12.2. The van der Waals surface area contributed by atoms with E-state index in [1.54, 1.807) is 0 Å². The molecule has 0 heterocycles. The summed E-state index contributed by atoms with van der Waals surface area (Å²) in [5.41, 5.74) is 1.97. The van der Waals surface area contributed by atoms with Crippen LogP contribution in [-0.2, 0) is 4.79 Å². The fourth-order valence-electron chi connectivity index (χ4n) is 2.37. The molecule has 23 heavy (non-hydrogen) atoms. The first-order valence-corrected chi connectivity index (χ1v) is 8.96. The Hall–Kier alpha value is -1.11. The maximum absolute atomic E-state index is 12.2. The number of carbonyl (C=O) groups excluding carboxylic acids is 1. The van der Waals surface area contributed by atoms with Crippen LogP contribution in [0.25, 0.3) is 0 Å². The number of anilines is 1. The van der Waals surface area contributed by atoms with Crippen molar-refractivity contribution < 1.29 is 4.79 Å². The molecule has 0 fully saturated rings. The van der Waals surface area contributed by atoms with Crippen molar-refractivity contribution in [2.75, 3.05) is 11.9 Å². The van der Waals surface area contributed by atoms with E-state index < -0.39 is 0 Å². The van der Waals surface area contributed by atoms with Gasteiger partial charge in [-0.15, -0.1) is 0 Å². The summed E-state index contributed by atoms with van der Waals surface area (Å²) in [6, 6.07) is 15.6. The van der Waals surface area contributed by atoms with Crippen LogP contribution in [0.3, 0.4) is 0 Å². The number of carbonyl (C=O) groups is 1. The second-order valence-corrected chi connectivity index (χ2v) is 7.28. The summed E-state index contributed by atoms with van der Waals surface area (Å²) in [7, 11) is 0. The van der Waals surface area contributed by atoms with E-state index >= 15 is 0 Å². The maximum atomic E-state index is 12.2. The Morgan fingerprint density at radius 3 is 2.39 bits per heavy atom. The molecule has 0 saturated carbocycles. The van der Waals surface area contributed by atoms with Gasteiger partial charge in [0.15, 0.2) is 0 Å². The van der Waals surface area contributed by atoms with Crippen molar-refractivity contribution in [3.05, 3.63) is 62.7 Å². The molecule has 2 N–H and O–H groups in total. The zero-order valence-corrected chi connectivity index (χ0v) is 16.1. The summed E-state index contributed by atoms with van der Waals surface area (Å²) in [5.74, 6) is 0.314. The third-order valence-corrected chi connectivity index (χ3v) is 4.72. The second kappa shape index (κ2) is 8.66. The van der Waals surface area contributed by atoms with Gasteiger partial charge in [-0.3, -0.25) is 4.79 Å². The van der Waals surface area contributed by atoms with Gasteiger partial charge in [0.2, 0.25) is 5.91 Å². The third kappa shape index (κ3) is 5.48. The molecule has 5 heteroatoms. The molecule has 2 aromatic rings. The fourth-order valence-corrected chi connectivity index (χ4v) is 3.02. The van der Waals surface area contributed by atoms with Crippen LogP contribution in [0, 0.1) is 9.49 Å². The maximum Gasteiger partial charge on any atom is 0.238 e. The minimum atomic E-state index is -0.0475. The molecule has 0 spiro atoms. The lowest BCUT2D eigenvalue weighted by molar-refractivity contribution is -0.115. The molecule has 1 atom stereocenters. The predicted molar refractivity (Wildman–Crippen MR) is 105 cm³/mol. The molecule has 1 unspecified atom stereocenters. The van der Waals surface area contributed by atoms with Gasteiger partial charge in [-0.25, -0.2) is 0 Å². The zero-order chi connectivity index (χ0) is 16.8.